The van der Waals surface area contributed by atoms with Crippen LogP contribution in [0.4, 0.5) is 4.79 Å². The normalized spacial score (nSPS) is 20.9. The molecule has 5 rings (SSSR count). The summed E-state index contributed by atoms with van der Waals surface area (Å²) >= 11 is 0. The third-order valence-corrected chi connectivity index (χ3v) is 6.83. The van der Waals surface area contributed by atoms with Gasteiger partial charge in [-0.05, 0) is 31.2 Å². The fraction of sp³-hybridized carbons (Fsp3) is 0.400. The summed E-state index contributed by atoms with van der Waals surface area (Å²) in [6.45, 7) is 8.40. The highest BCUT2D eigenvalue weighted by atomic mass is 16.2. The highest BCUT2D eigenvalue weighted by Crippen LogP contribution is 2.30. The lowest BCUT2D eigenvalue weighted by molar-refractivity contribution is 0.187. The van der Waals surface area contributed by atoms with Crippen molar-refractivity contribution in [3.8, 4) is 11.3 Å². The fourth-order valence-electron chi connectivity index (χ4n) is 4.91. The zero-order valence-electron chi connectivity index (χ0n) is 18.7. The van der Waals surface area contributed by atoms with E-state index in [2.05, 4.69) is 63.5 Å². The number of hydrogen-bond donors (Lipinski definition) is 2. The molecule has 4 heterocycles. The molecule has 1 aromatic carbocycles. The Morgan fingerprint density at radius 2 is 1.94 bits per heavy atom. The van der Waals surface area contributed by atoms with Crippen LogP contribution in [-0.2, 0) is 13.0 Å². The summed E-state index contributed by atoms with van der Waals surface area (Å²) in [6, 6.07) is 12.8. The molecule has 1 saturated heterocycles. The molecule has 3 aromatic rings. The Morgan fingerprint density at radius 3 is 2.69 bits per heavy atom. The van der Waals surface area contributed by atoms with E-state index < -0.39 is 0 Å². The molecule has 166 valence electrons. The SMILES string of the molecule is CCN1CC(NC(=O)N2CCc3[nH]nc(-c4ccncc4)c3C2)C(c2ccc(C)cc2)C1. The van der Waals surface area contributed by atoms with Crippen LogP contribution in [0.3, 0.4) is 0 Å². The number of nitrogens with one attached hydrogen (secondary N) is 2. The van der Waals surface area contributed by atoms with E-state index in [-0.39, 0.29) is 12.1 Å². The van der Waals surface area contributed by atoms with E-state index in [1.807, 2.05) is 17.0 Å². The van der Waals surface area contributed by atoms with Crippen LogP contribution in [0, 0.1) is 6.92 Å². The van der Waals surface area contributed by atoms with E-state index in [1.54, 1.807) is 12.4 Å². The molecule has 2 aliphatic rings. The van der Waals surface area contributed by atoms with Crippen LogP contribution in [0.1, 0.15) is 35.2 Å². The molecule has 7 nitrogen and oxygen atoms in total. The molecule has 32 heavy (non-hydrogen) atoms. The van der Waals surface area contributed by atoms with Gasteiger partial charge in [-0.25, -0.2) is 4.79 Å². The van der Waals surface area contributed by atoms with Crippen molar-refractivity contribution in [2.24, 2.45) is 0 Å². The van der Waals surface area contributed by atoms with Gasteiger partial charge in [0, 0.05) is 61.2 Å². The van der Waals surface area contributed by atoms with Gasteiger partial charge >= 0.3 is 6.03 Å². The predicted octanol–water partition coefficient (Wildman–Crippen LogP) is 3.34. The molecule has 0 radical (unpaired) electrons. The topological polar surface area (TPSA) is 77.2 Å². The van der Waals surface area contributed by atoms with Crippen molar-refractivity contribution in [2.75, 3.05) is 26.2 Å². The molecule has 0 bridgehead atoms. The first kappa shape index (κ1) is 20.7. The van der Waals surface area contributed by atoms with Crippen molar-refractivity contribution < 1.29 is 4.79 Å². The average molecular weight is 431 g/mol. The number of amides is 2. The number of urea groups is 1. The van der Waals surface area contributed by atoms with Crippen molar-refractivity contribution in [1.29, 1.82) is 0 Å². The molecular weight excluding hydrogens is 400 g/mol. The maximum atomic E-state index is 13.3. The Kier molecular flexibility index (Phi) is 5.66. The van der Waals surface area contributed by atoms with Gasteiger partial charge in [-0.2, -0.15) is 5.10 Å². The number of carbonyl (C=O) groups excluding carboxylic acids is 1. The number of carbonyl (C=O) groups is 1. The molecule has 2 amide bonds. The summed E-state index contributed by atoms with van der Waals surface area (Å²) in [7, 11) is 0. The number of benzene rings is 1. The van der Waals surface area contributed by atoms with E-state index in [0.717, 1.165) is 48.6 Å². The van der Waals surface area contributed by atoms with E-state index in [4.69, 9.17) is 0 Å². The van der Waals surface area contributed by atoms with E-state index in [1.165, 1.54) is 11.1 Å². The molecule has 0 saturated carbocycles. The lowest BCUT2D eigenvalue weighted by Crippen LogP contribution is -2.48. The smallest absolute Gasteiger partial charge is 0.317 e. The zero-order valence-corrected chi connectivity index (χ0v) is 18.7. The molecule has 1 fully saturated rings. The van der Waals surface area contributed by atoms with Crippen LogP contribution in [0.5, 0.6) is 0 Å². The molecule has 0 spiro atoms. The quantitative estimate of drug-likeness (QED) is 0.666. The van der Waals surface area contributed by atoms with Gasteiger partial charge in [0.15, 0.2) is 0 Å². The average Bonchev–Trinajstić information content (AvgIpc) is 3.44. The predicted molar refractivity (Wildman–Crippen MR) is 124 cm³/mol. The van der Waals surface area contributed by atoms with Crippen molar-refractivity contribution in [3.05, 3.63) is 71.2 Å². The van der Waals surface area contributed by atoms with Crippen molar-refractivity contribution in [3.63, 3.8) is 0 Å². The maximum absolute atomic E-state index is 13.3. The Bertz CT molecular complexity index is 1080. The second kappa shape index (κ2) is 8.74. The number of hydrogen-bond acceptors (Lipinski definition) is 4. The highest BCUT2D eigenvalue weighted by Gasteiger charge is 2.35. The van der Waals surface area contributed by atoms with E-state index in [9.17, 15) is 4.79 Å². The van der Waals surface area contributed by atoms with Gasteiger partial charge in [0.2, 0.25) is 0 Å². The first-order chi connectivity index (χ1) is 15.6. The fourth-order valence-corrected chi connectivity index (χ4v) is 4.91. The van der Waals surface area contributed by atoms with Crippen LogP contribution in [0.15, 0.2) is 48.8 Å². The van der Waals surface area contributed by atoms with Gasteiger partial charge in [-0.1, -0.05) is 36.8 Å². The molecule has 2 aliphatic heterocycles. The van der Waals surface area contributed by atoms with Gasteiger partial charge in [-0.15, -0.1) is 0 Å². The Morgan fingerprint density at radius 1 is 1.16 bits per heavy atom. The zero-order chi connectivity index (χ0) is 22.1. The van der Waals surface area contributed by atoms with Gasteiger partial charge in [0.25, 0.3) is 0 Å². The third kappa shape index (κ3) is 4.00. The minimum Gasteiger partial charge on any atom is -0.333 e. The molecule has 2 aromatic heterocycles. The van der Waals surface area contributed by atoms with Crippen molar-refractivity contribution in [1.82, 2.24) is 30.3 Å². The minimum absolute atomic E-state index is 0.0117. The van der Waals surface area contributed by atoms with Crippen molar-refractivity contribution in [2.45, 2.75) is 38.8 Å². The van der Waals surface area contributed by atoms with Gasteiger partial charge in [0.05, 0.1) is 18.3 Å². The Labute approximate surface area is 188 Å². The van der Waals surface area contributed by atoms with Crippen LogP contribution in [-0.4, -0.2) is 63.2 Å². The number of pyridine rings is 1. The minimum atomic E-state index is 0.0117. The summed E-state index contributed by atoms with van der Waals surface area (Å²) in [5.41, 5.74) is 6.72. The largest absolute Gasteiger partial charge is 0.333 e. The maximum Gasteiger partial charge on any atom is 0.317 e. The molecule has 2 atom stereocenters. The molecule has 2 N–H and O–H groups in total. The van der Waals surface area contributed by atoms with Crippen LogP contribution in [0.25, 0.3) is 11.3 Å². The number of aryl methyl sites for hydroxylation is 1. The number of likely N-dealkylation sites (tertiary alicyclic amines) is 1. The standard InChI is InChI=1S/C25H30N6O/c1-3-30-14-20(18-6-4-17(2)5-7-18)23(16-30)27-25(32)31-13-10-22-21(15-31)24(29-28-22)19-8-11-26-12-9-19/h4-9,11-12,20,23H,3,10,13-16H2,1-2H3,(H,27,32)(H,28,29). The van der Waals surface area contributed by atoms with Gasteiger partial charge in [-0.3, -0.25) is 10.1 Å². The summed E-state index contributed by atoms with van der Waals surface area (Å²) < 4.78 is 0. The number of rotatable bonds is 4. The first-order valence-electron chi connectivity index (χ1n) is 11.4. The van der Waals surface area contributed by atoms with Crippen molar-refractivity contribution >= 4 is 6.03 Å². The number of likely N-dealkylation sites (N-methyl/N-ethyl adjacent to an activating group) is 1. The van der Waals surface area contributed by atoms with Gasteiger partial charge < -0.3 is 15.1 Å². The highest BCUT2D eigenvalue weighted by molar-refractivity contribution is 5.76. The number of nitrogens with zero attached hydrogens (tertiary/aromatic N) is 4. The lowest BCUT2D eigenvalue weighted by Gasteiger charge is -2.30. The summed E-state index contributed by atoms with van der Waals surface area (Å²) in [5.74, 6) is 0.307. The van der Waals surface area contributed by atoms with Crippen LogP contribution in [0.2, 0.25) is 0 Å². The van der Waals surface area contributed by atoms with Crippen LogP contribution < -0.4 is 5.32 Å². The second-order valence-corrected chi connectivity index (χ2v) is 8.86. The Hall–Kier alpha value is -3.19. The third-order valence-electron chi connectivity index (χ3n) is 6.83. The lowest BCUT2D eigenvalue weighted by atomic mass is 9.93. The summed E-state index contributed by atoms with van der Waals surface area (Å²) in [5, 5.41) is 11.1. The molecular formula is C25H30N6O. The van der Waals surface area contributed by atoms with E-state index in [0.29, 0.717) is 19.0 Å². The number of aromatic nitrogens is 3. The van der Waals surface area contributed by atoms with E-state index >= 15 is 0 Å². The molecule has 0 aliphatic carbocycles. The Balaban J connectivity index is 1.32. The molecule has 7 heteroatoms. The number of H-pyrrole nitrogens is 1. The first-order valence-corrected chi connectivity index (χ1v) is 11.4. The molecule has 2 unspecified atom stereocenters. The summed E-state index contributed by atoms with van der Waals surface area (Å²) in [6.07, 6.45) is 4.33. The van der Waals surface area contributed by atoms with Crippen LogP contribution >= 0.6 is 0 Å². The number of fused-ring (bicyclic) bond motifs is 1. The summed E-state index contributed by atoms with van der Waals surface area (Å²) in [4.78, 5) is 21.8. The second-order valence-electron chi connectivity index (χ2n) is 8.86. The van der Waals surface area contributed by atoms with Gasteiger partial charge in [0.1, 0.15) is 0 Å². The monoisotopic (exact) mass is 430 g/mol. The number of aromatic amines is 1.